The first-order valence-corrected chi connectivity index (χ1v) is 5.44. The quantitative estimate of drug-likeness (QED) is 0.817. The summed E-state index contributed by atoms with van der Waals surface area (Å²) in [5, 5.41) is 8.15. The summed E-state index contributed by atoms with van der Waals surface area (Å²) in [5.74, 6) is 0.800. The molecule has 0 atom stereocenters. The van der Waals surface area contributed by atoms with Crippen molar-refractivity contribution < 1.29 is 0 Å². The second-order valence-corrected chi connectivity index (χ2v) is 4.04. The van der Waals surface area contributed by atoms with Crippen LogP contribution in [0.3, 0.4) is 0 Å². The van der Waals surface area contributed by atoms with Gasteiger partial charge in [-0.15, -0.1) is 0 Å². The number of hydrogen-bond acceptors (Lipinski definition) is 3. The van der Waals surface area contributed by atoms with E-state index in [1.54, 1.807) is 11.8 Å². The summed E-state index contributed by atoms with van der Waals surface area (Å²) in [6.45, 7) is 0. The number of H-pyrrole nitrogens is 1. The maximum absolute atomic E-state index is 6.00. The topological polar surface area (TPSA) is 41.6 Å². The van der Waals surface area contributed by atoms with Gasteiger partial charge >= 0.3 is 0 Å². The van der Waals surface area contributed by atoms with Crippen LogP contribution in [-0.2, 0) is 5.75 Å². The summed E-state index contributed by atoms with van der Waals surface area (Å²) in [4.78, 5) is 4.01. The Labute approximate surface area is 90.9 Å². The van der Waals surface area contributed by atoms with Crippen LogP contribution in [0, 0.1) is 0 Å². The predicted octanol–water partition coefficient (Wildman–Crippen LogP) is 2.75. The number of thioether (sulfide) groups is 1. The first-order valence-electron chi connectivity index (χ1n) is 4.08. The average Bonchev–Trinajstić information content (AvgIpc) is 2.69. The Kier molecular flexibility index (Phi) is 3.06. The van der Waals surface area contributed by atoms with Gasteiger partial charge in [0.15, 0.2) is 5.16 Å². The SMILES string of the molecule is Clc1ccccc1CSc1ncn[nH]1. The molecule has 0 spiro atoms. The number of rotatable bonds is 3. The Morgan fingerprint density at radius 2 is 2.21 bits per heavy atom. The van der Waals surface area contributed by atoms with Crippen LogP contribution < -0.4 is 0 Å². The highest BCUT2D eigenvalue weighted by molar-refractivity contribution is 7.98. The van der Waals surface area contributed by atoms with Crippen molar-refractivity contribution in [3.8, 4) is 0 Å². The Morgan fingerprint density at radius 1 is 1.36 bits per heavy atom. The summed E-state index contributed by atoms with van der Waals surface area (Å²) in [6.07, 6.45) is 1.49. The second kappa shape index (κ2) is 4.48. The van der Waals surface area contributed by atoms with E-state index in [4.69, 9.17) is 11.6 Å². The van der Waals surface area contributed by atoms with Crippen LogP contribution in [0.15, 0.2) is 35.7 Å². The van der Waals surface area contributed by atoms with Crippen molar-refractivity contribution >= 4 is 23.4 Å². The van der Waals surface area contributed by atoms with Crippen LogP contribution in [0.1, 0.15) is 5.56 Å². The molecule has 0 aliphatic carbocycles. The lowest BCUT2D eigenvalue weighted by molar-refractivity contribution is 0.973. The summed E-state index contributed by atoms with van der Waals surface area (Å²) in [6, 6.07) is 7.79. The molecule has 0 amide bonds. The summed E-state index contributed by atoms with van der Waals surface area (Å²) >= 11 is 7.59. The molecule has 0 saturated carbocycles. The van der Waals surface area contributed by atoms with Crippen LogP contribution in [-0.4, -0.2) is 15.2 Å². The summed E-state index contributed by atoms with van der Waals surface area (Å²) < 4.78 is 0. The van der Waals surface area contributed by atoms with Gasteiger partial charge in [-0.2, -0.15) is 5.10 Å². The van der Waals surface area contributed by atoms with E-state index in [2.05, 4.69) is 15.2 Å². The first kappa shape index (κ1) is 9.55. The fraction of sp³-hybridized carbons (Fsp3) is 0.111. The van der Waals surface area contributed by atoms with Gasteiger partial charge in [-0.25, -0.2) is 4.98 Å². The van der Waals surface area contributed by atoms with E-state index in [9.17, 15) is 0 Å². The van der Waals surface area contributed by atoms with Gasteiger partial charge < -0.3 is 0 Å². The van der Waals surface area contributed by atoms with Gasteiger partial charge in [-0.3, -0.25) is 5.10 Å². The van der Waals surface area contributed by atoms with Gasteiger partial charge in [0, 0.05) is 10.8 Å². The lowest BCUT2D eigenvalue weighted by atomic mass is 10.2. The highest BCUT2D eigenvalue weighted by Gasteiger charge is 2.01. The van der Waals surface area contributed by atoms with Crippen LogP contribution in [0.2, 0.25) is 5.02 Å². The maximum atomic E-state index is 6.00. The molecule has 1 aromatic carbocycles. The van der Waals surface area contributed by atoms with Crippen LogP contribution in [0.5, 0.6) is 0 Å². The molecule has 72 valence electrons. The number of halogens is 1. The van der Waals surface area contributed by atoms with Gasteiger partial charge in [0.2, 0.25) is 0 Å². The standard InChI is InChI=1S/C9H8ClN3S/c10-8-4-2-1-3-7(8)5-14-9-11-6-12-13-9/h1-4,6H,5H2,(H,11,12,13). The third-order valence-corrected chi connectivity index (χ3v) is 3.01. The van der Waals surface area contributed by atoms with Gasteiger partial charge in [0.05, 0.1) is 0 Å². The highest BCUT2D eigenvalue weighted by atomic mass is 35.5. The van der Waals surface area contributed by atoms with Gasteiger partial charge in [-0.05, 0) is 11.6 Å². The van der Waals surface area contributed by atoms with E-state index < -0.39 is 0 Å². The van der Waals surface area contributed by atoms with Gasteiger partial charge in [0.1, 0.15) is 6.33 Å². The molecular weight excluding hydrogens is 218 g/mol. The van der Waals surface area contributed by atoms with Crippen LogP contribution in [0.4, 0.5) is 0 Å². The molecule has 1 aromatic heterocycles. The fourth-order valence-electron chi connectivity index (χ4n) is 1.03. The van der Waals surface area contributed by atoms with E-state index in [-0.39, 0.29) is 0 Å². The van der Waals surface area contributed by atoms with Crippen molar-refractivity contribution in [3.05, 3.63) is 41.2 Å². The molecule has 0 unspecified atom stereocenters. The van der Waals surface area contributed by atoms with Gasteiger partial charge in [-0.1, -0.05) is 41.6 Å². The maximum Gasteiger partial charge on any atom is 0.183 e. The van der Waals surface area contributed by atoms with Crippen molar-refractivity contribution in [3.63, 3.8) is 0 Å². The molecule has 0 aliphatic rings. The zero-order chi connectivity index (χ0) is 9.80. The zero-order valence-electron chi connectivity index (χ0n) is 7.27. The number of benzene rings is 1. The highest BCUT2D eigenvalue weighted by Crippen LogP contribution is 2.23. The smallest absolute Gasteiger partial charge is 0.183 e. The van der Waals surface area contributed by atoms with E-state index in [1.807, 2.05) is 24.3 Å². The van der Waals surface area contributed by atoms with Gasteiger partial charge in [0.25, 0.3) is 0 Å². The number of hydrogen-bond donors (Lipinski definition) is 1. The molecule has 2 rings (SSSR count). The Hall–Kier alpha value is -1.00. The first-order chi connectivity index (χ1) is 6.86. The fourth-order valence-corrected chi connectivity index (χ4v) is 2.09. The minimum absolute atomic E-state index is 0.791. The number of aromatic nitrogens is 3. The average molecular weight is 226 g/mol. The van der Waals surface area contributed by atoms with Crippen molar-refractivity contribution in [2.24, 2.45) is 0 Å². The normalized spacial score (nSPS) is 10.4. The number of nitrogens with one attached hydrogen (secondary N) is 1. The van der Waals surface area contributed by atoms with Crippen LogP contribution >= 0.6 is 23.4 Å². The van der Waals surface area contributed by atoms with Crippen molar-refractivity contribution in [2.45, 2.75) is 10.9 Å². The molecule has 0 aliphatic heterocycles. The Balaban J connectivity index is 2.02. The second-order valence-electron chi connectivity index (χ2n) is 2.67. The van der Waals surface area contributed by atoms with E-state index in [1.165, 1.54) is 6.33 Å². The largest absolute Gasteiger partial charge is 0.254 e. The molecule has 14 heavy (non-hydrogen) atoms. The molecular formula is C9H8ClN3S. The van der Waals surface area contributed by atoms with Crippen molar-refractivity contribution in [1.29, 1.82) is 0 Å². The Bertz CT molecular complexity index is 402. The minimum Gasteiger partial charge on any atom is -0.254 e. The number of aromatic amines is 1. The van der Waals surface area contributed by atoms with E-state index in [0.717, 1.165) is 21.5 Å². The lowest BCUT2D eigenvalue weighted by Gasteiger charge is -2.00. The molecule has 3 nitrogen and oxygen atoms in total. The third-order valence-electron chi connectivity index (χ3n) is 1.72. The predicted molar refractivity (Wildman–Crippen MR) is 57.4 cm³/mol. The molecule has 2 aromatic rings. The molecule has 0 radical (unpaired) electrons. The van der Waals surface area contributed by atoms with E-state index >= 15 is 0 Å². The lowest BCUT2D eigenvalue weighted by Crippen LogP contribution is -1.83. The minimum atomic E-state index is 0.791. The van der Waals surface area contributed by atoms with Crippen molar-refractivity contribution in [1.82, 2.24) is 15.2 Å². The molecule has 0 saturated heterocycles. The summed E-state index contributed by atoms with van der Waals surface area (Å²) in [5.41, 5.74) is 1.11. The molecule has 0 bridgehead atoms. The molecule has 5 heteroatoms. The molecule has 1 N–H and O–H groups in total. The summed E-state index contributed by atoms with van der Waals surface area (Å²) in [7, 11) is 0. The zero-order valence-corrected chi connectivity index (χ0v) is 8.85. The van der Waals surface area contributed by atoms with E-state index in [0.29, 0.717) is 0 Å². The monoisotopic (exact) mass is 225 g/mol. The Morgan fingerprint density at radius 3 is 2.93 bits per heavy atom. The number of nitrogens with zero attached hydrogens (tertiary/aromatic N) is 2. The molecule has 0 fully saturated rings. The van der Waals surface area contributed by atoms with Crippen molar-refractivity contribution in [2.75, 3.05) is 0 Å². The van der Waals surface area contributed by atoms with Crippen LogP contribution in [0.25, 0.3) is 0 Å². The molecule has 1 heterocycles. The third kappa shape index (κ3) is 2.27.